The first-order chi connectivity index (χ1) is 17.7. The Labute approximate surface area is 224 Å². The number of amides is 1. The first-order valence-electron chi connectivity index (χ1n) is 10.8. The van der Waals surface area contributed by atoms with Crippen LogP contribution in [-0.4, -0.2) is 16.6 Å². The van der Waals surface area contributed by atoms with Crippen LogP contribution in [0.15, 0.2) is 71.8 Å². The van der Waals surface area contributed by atoms with Gasteiger partial charge in [-0.2, -0.15) is 18.4 Å². The molecule has 0 aliphatic heterocycles. The Morgan fingerprint density at radius 2 is 1.81 bits per heavy atom. The van der Waals surface area contributed by atoms with Crippen LogP contribution in [0.4, 0.5) is 24.5 Å². The number of hydrogen-bond donors (Lipinski definition) is 2. The van der Waals surface area contributed by atoms with E-state index >= 15 is 0 Å². The number of rotatable bonds is 7. The minimum absolute atomic E-state index is 0.0250. The number of hydrogen-bond acceptors (Lipinski definition) is 6. The SMILES string of the molecule is Cc1ccccc1NC(=O)CS/C(Nc1cc(C(F)(F)F)ccc1Cl)=C(/C#N)c1nc2ccccc2s1. The molecule has 0 aliphatic rings. The molecule has 0 fully saturated rings. The van der Waals surface area contributed by atoms with Gasteiger partial charge in [0.25, 0.3) is 0 Å². The normalized spacial score (nSPS) is 12.1. The number of halogens is 4. The summed E-state index contributed by atoms with van der Waals surface area (Å²) in [4.78, 5) is 17.2. The van der Waals surface area contributed by atoms with Crippen LogP contribution in [0.5, 0.6) is 0 Å². The summed E-state index contributed by atoms with van der Waals surface area (Å²) in [5.41, 5.74) is 1.32. The van der Waals surface area contributed by atoms with Gasteiger partial charge in [-0.05, 0) is 48.9 Å². The number of aromatic nitrogens is 1. The highest BCUT2D eigenvalue weighted by Gasteiger charge is 2.31. The summed E-state index contributed by atoms with van der Waals surface area (Å²) in [6, 6.07) is 19.5. The molecule has 3 aromatic carbocycles. The van der Waals surface area contributed by atoms with Crippen LogP contribution >= 0.6 is 34.7 Å². The number of fused-ring (bicyclic) bond motifs is 1. The van der Waals surface area contributed by atoms with E-state index in [-0.39, 0.29) is 33.0 Å². The number of nitrogens with zero attached hydrogens (tertiary/aromatic N) is 2. The molecule has 0 saturated heterocycles. The number of allylic oxidation sites excluding steroid dienone is 1. The third-order valence-corrected chi connectivity index (χ3v) is 7.54. The van der Waals surface area contributed by atoms with Gasteiger partial charge in [0.2, 0.25) is 5.91 Å². The lowest BCUT2D eigenvalue weighted by Gasteiger charge is -2.16. The first kappa shape index (κ1) is 26.5. The number of para-hydroxylation sites is 2. The highest BCUT2D eigenvalue weighted by molar-refractivity contribution is 8.04. The molecule has 2 N–H and O–H groups in total. The Balaban J connectivity index is 1.70. The van der Waals surface area contributed by atoms with E-state index in [0.717, 1.165) is 40.2 Å². The van der Waals surface area contributed by atoms with E-state index in [1.165, 1.54) is 11.3 Å². The number of alkyl halides is 3. The first-order valence-corrected chi connectivity index (χ1v) is 13.0. The molecule has 4 rings (SSSR count). The molecule has 4 aromatic rings. The van der Waals surface area contributed by atoms with Gasteiger partial charge in [0.15, 0.2) is 0 Å². The zero-order chi connectivity index (χ0) is 26.6. The number of anilines is 2. The molecule has 0 spiro atoms. The molecule has 0 radical (unpaired) electrons. The summed E-state index contributed by atoms with van der Waals surface area (Å²) in [5.74, 6) is -0.473. The molecule has 0 bridgehead atoms. The Bertz CT molecular complexity index is 1510. The van der Waals surface area contributed by atoms with Crippen molar-refractivity contribution >= 4 is 67.8 Å². The minimum atomic E-state index is -4.59. The van der Waals surface area contributed by atoms with Crippen molar-refractivity contribution in [2.24, 2.45) is 0 Å². The monoisotopic (exact) mass is 558 g/mol. The second-order valence-corrected chi connectivity index (χ2v) is 10.2. The molecule has 5 nitrogen and oxygen atoms in total. The number of benzene rings is 3. The van der Waals surface area contributed by atoms with Gasteiger partial charge in [0, 0.05) is 5.69 Å². The van der Waals surface area contributed by atoms with E-state index in [4.69, 9.17) is 11.6 Å². The van der Waals surface area contributed by atoms with Crippen molar-refractivity contribution in [1.29, 1.82) is 5.26 Å². The van der Waals surface area contributed by atoms with Crippen LogP contribution in [0.3, 0.4) is 0 Å². The fourth-order valence-corrected chi connectivity index (χ4v) is 5.32. The Kier molecular flexibility index (Phi) is 8.07. The Hall–Kier alpha value is -3.52. The van der Waals surface area contributed by atoms with Crippen molar-refractivity contribution in [2.75, 3.05) is 16.4 Å². The highest BCUT2D eigenvalue weighted by atomic mass is 35.5. The lowest BCUT2D eigenvalue weighted by Crippen LogP contribution is -2.16. The van der Waals surface area contributed by atoms with Gasteiger partial charge >= 0.3 is 6.18 Å². The summed E-state index contributed by atoms with van der Waals surface area (Å²) in [6.07, 6.45) is -4.59. The largest absolute Gasteiger partial charge is 0.416 e. The number of carbonyl (C=O) groups excluding carboxylic acids is 1. The van der Waals surface area contributed by atoms with Gasteiger partial charge in [-0.15, -0.1) is 11.3 Å². The molecule has 37 heavy (non-hydrogen) atoms. The van der Waals surface area contributed by atoms with Gasteiger partial charge in [-0.3, -0.25) is 4.79 Å². The van der Waals surface area contributed by atoms with Gasteiger partial charge in [0.05, 0.1) is 37.3 Å². The molecule has 0 atom stereocenters. The molecule has 11 heteroatoms. The smallest absolute Gasteiger partial charge is 0.348 e. The summed E-state index contributed by atoms with van der Waals surface area (Å²) in [6.45, 7) is 1.85. The zero-order valence-corrected chi connectivity index (χ0v) is 21.6. The lowest BCUT2D eigenvalue weighted by atomic mass is 10.2. The number of thiazole rings is 1. The quantitative estimate of drug-likeness (QED) is 0.225. The Morgan fingerprint density at radius 1 is 1.08 bits per heavy atom. The van der Waals surface area contributed by atoms with Crippen molar-refractivity contribution in [3.63, 3.8) is 0 Å². The molecule has 1 heterocycles. The van der Waals surface area contributed by atoms with Crippen LogP contribution in [0, 0.1) is 18.3 Å². The van der Waals surface area contributed by atoms with E-state index < -0.39 is 11.7 Å². The molecule has 1 amide bonds. The third-order valence-electron chi connectivity index (χ3n) is 5.16. The number of nitriles is 1. The van der Waals surface area contributed by atoms with Crippen LogP contribution in [-0.2, 0) is 11.0 Å². The summed E-state index contributed by atoms with van der Waals surface area (Å²) in [7, 11) is 0. The van der Waals surface area contributed by atoms with E-state index in [1.54, 1.807) is 18.2 Å². The van der Waals surface area contributed by atoms with Gasteiger partial charge in [0.1, 0.15) is 16.6 Å². The predicted octanol–water partition coefficient (Wildman–Crippen LogP) is 7.95. The van der Waals surface area contributed by atoms with Crippen molar-refractivity contribution < 1.29 is 18.0 Å². The lowest BCUT2D eigenvalue weighted by molar-refractivity contribution is -0.137. The van der Waals surface area contributed by atoms with Gasteiger partial charge < -0.3 is 10.6 Å². The molecular weight excluding hydrogens is 541 g/mol. The van der Waals surface area contributed by atoms with Crippen molar-refractivity contribution in [2.45, 2.75) is 13.1 Å². The second-order valence-electron chi connectivity index (χ2n) is 7.77. The Morgan fingerprint density at radius 3 is 2.51 bits per heavy atom. The fraction of sp³-hybridized carbons (Fsp3) is 0.115. The van der Waals surface area contributed by atoms with E-state index in [1.807, 2.05) is 37.3 Å². The fourth-order valence-electron chi connectivity index (χ4n) is 3.30. The number of carbonyl (C=O) groups is 1. The van der Waals surface area contributed by atoms with Crippen LogP contribution in [0.25, 0.3) is 15.8 Å². The van der Waals surface area contributed by atoms with Gasteiger partial charge in [-0.1, -0.05) is 53.7 Å². The minimum Gasteiger partial charge on any atom is -0.348 e. The average molecular weight is 559 g/mol. The summed E-state index contributed by atoms with van der Waals surface area (Å²) in [5, 5.41) is 16.2. The van der Waals surface area contributed by atoms with Crippen LogP contribution < -0.4 is 10.6 Å². The molecule has 0 aliphatic carbocycles. The maximum Gasteiger partial charge on any atom is 0.416 e. The van der Waals surface area contributed by atoms with E-state index in [0.29, 0.717) is 16.2 Å². The summed E-state index contributed by atoms with van der Waals surface area (Å²) >= 11 is 8.43. The van der Waals surface area contributed by atoms with Gasteiger partial charge in [-0.25, -0.2) is 4.98 Å². The van der Waals surface area contributed by atoms with Crippen molar-refractivity contribution in [3.05, 3.63) is 92.9 Å². The number of nitrogens with one attached hydrogen (secondary N) is 2. The topological polar surface area (TPSA) is 77.8 Å². The average Bonchev–Trinajstić information content (AvgIpc) is 3.28. The van der Waals surface area contributed by atoms with Crippen molar-refractivity contribution in [1.82, 2.24) is 4.98 Å². The molecule has 1 aromatic heterocycles. The summed E-state index contributed by atoms with van der Waals surface area (Å²) < 4.78 is 40.8. The number of aryl methyl sites for hydroxylation is 1. The van der Waals surface area contributed by atoms with Crippen LogP contribution in [0.2, 0.25) is 5.02 Å². The third kappa shape index (κ3) is 6.43. The molecular formula is C26H18ClF3N4OS2. The maximum absolute atomic E-state index is 13.3. The molecule has 0 saturated carbocycles. The second kappa shape index (κ2) is 11.3. The zero-order valence-electron chi connectivity index (χ0n) is 19.2. The van der Waals surface area contributed by atoms with Crippen molar-refractivity contribution in [3.8, 4) is 6.07 Å². The standard InChI is InChI=1S/C26H18ClF3N4OS2/c1-15-6-2-3-7-19(15)32-23(35)14-36-24(34-21-12-16(26(28,29)30)10-11-18(21)27)17(13-31)25-33-20-8-4-5-9-22(20)37-25/h2-12,34H,14H2,1H3,(H,32,35)/b24-17-. The van der Waals surface area contributed by atoms with E-state index in [2.05, 4.69) is 21.7 Å². The van der Waals surface area contributed by atoms with Crippen LogP contribution in [0.1, 0.15) is 16.1 Å². The maximum atomic E-state index is 13.3. The predicted molar refractivity (Wildman–Crippen MR) is 144 cm³/mol. The molecule has 0 unspecified atom stereocenters. The van der Waals surface area contributed by atoms with E-state index in [9.17, 15) is 23.2 Å². The highest BCUT2D eigenvalue weighted by Crippen LogP contribution is 2.37. The number of thioether (sulfide) groups is 1. The molecule has 188 valence electrons.